The minimum atomic E-state index is -1.11. The summed E-state index contributed by atoms with van der Waals surface area (Å²) in [5, 5.41) is 20.9. The van der Waals surface area contributed by atoms with Crippen LogP contribution in [-0.4, -0.2) is 22.1 Å². The van der Waals surface area contributed by atoms with Crippen molar-refractivity contribution in [2.75, 3.05) is 5.32 Å². The van der Waals surface area contributed by atoms with Crippen LogP contribution in [0.4, 0.5) is 5.69 Å². The summed E-state index contributed by atoms with van der Waals surface area (Å²) in [6.07, 6.45) is 0.281. The first-order valence-corrected chi connectivity index (χ1v) is 5.55. The zero-order chi connectivity index (χ0) is 13.9. The summed E-state index contributed by atoms with van der Waals surface area (Å²) in [7, 11) is 0. The van der Waals surface area contributed by atoms with Gasteiger partial charge in [-0.25, -0.2) is 4.79 Å². The molecule has 1 rings (SSSR count). The van der Waals surface area contributed by atoms with Crippen molar-refractivity contribution in [2.45, 2.75) is 27.2 Å². The molecule has 0 bridgehead atoms. The Labute approximate surface area is 105 Å². The number of hydrogen-bond acceptors (Lipinski definition) is 3. The average Bonchev–Trinajstić information content (AvgIpc) is 2.18. The number of carboxylic acids is 1. The van der Waals surface area contributed by atoms with E-state index < -0.39 is 5.97 Å². The number of carbonyl (C=O) groups is 2. The number of carbonyl (C=O) groups excluding carboxylic acids is 1. The molecular weight excluding hydrogens is 234 g/mol. The van der Waals surface area contributed by atoms with Crippen LogP contribution in [0.15, 0.2) is 18.2 Å². The third kappa shape index (κ3) is 4.08. The number of aromatic hydroxyl groups is 1. The summed E-state index contributed by atoms with van der Waals surface area (Å²) in [5.41, 5.74) is -0.0487. The van der Waals surface area contributed by atoms with Crippen molar-refractivity contribution in [2.24, 2.45) is 5.41 Å². The molecule has 0 atom stereocenters. The SMILES string of the molecule is CC(C)(C)CC(=O)Nc1cc(C(=O)O)ccc1O. The van der Waals surface area contributed by atoms with Crippen LogP contribution in [0.25, 0.3) is 0 Å². The predicted molar refractivity (Wildman–Crippen MR) is 67.8 cm³/mol. The molecule has 5 heteroatoms. The molecule has 1 amide bonds. The Hall–Kier alpha value is -2.04. The Morgan fingerprint density at radius 3 is 2.39 bits per heavy atom. The van der Waals surface area contributed by atoms with Gasteiger partial charge in [0.2, 0.25) is 5.91 Å². The summed E-state index contributed by atoms with van der Waals surface area (Å²) in [6.45, 7) is 5.75. The van der Waals surface area contributed by atoms with Gasteiger partial charge in [-0.3, -0.25) is 4.79 Å². The van der Waals surface area contributed by atoms with Gasteiger partial charge in [0.25, 0.3) is 0 Å². The van der Waals surface area contributed by atoms with E-state index in [1.54, 1.807) is 0 Å². The highest BCUT2D eigenvalue weighted by molar-refractivity contribution is 5.95. The smallest absolute Gasteiger partial charge is 0.335 e. The molecular formula is C13H17NO4. The molecule has 0 saturated carbocycles. The zero-order valence-corrected chi connectivity index (χ0v) is 10.7. The third-order valence-electron chi connectivity index (χ3n) is 2.21. The van der Waals surface area contributed by atoms with Gasteiger partial charge in [0.05, 0.1) is 11.3 Å². The number of anilines is 1. The molecule has 0 aliphatic carbocycles. The van der Waals surface area contributed by atoms with Crippen LogP contribution in [0.2, 0.25) is 0 Å². The molecule has 5 nitrogen and oxygen atoms in total. The summed E-state index contributed by atoms with van der Waals surface area (Å²) in [5.74, 6) is -1.52. The maximum Gasteiger partial charge on any atom is 0.335 e. The average molecular weight is 251 g/mol. The van der Waals surface area contributed by atoms with Gasteiger partial charge in [0.1, 0.15) is 5.75 Å². The Morgan fingerprint density at radius 2 is 1.89 bits per heavy atom. The fraction of sp³-hybridized carbons (Fsp3) is 0.385. The van der Waals surface area contributed by atoms with Crippen molar-refractivity contribution in [3.8, 4) is 5.75 Å². The van der Waals surface area contributed by atoms with E-state index in [0.717, 1.165) is 0 Å². The lowest BCUT2D eigenvalue weighted by Crippen LogP contribution is -2.19. The molecule has 0 unspecified atom stereocenters. The Morgan fingerprint density at radius 1 is 1.28 bits per heavy atom. The number of nitrogens with one attached hydrogen (secondary N) is 1. The lowest BCUT2D eigenvalue weighted by Gasteiger charge is -2.17. The Bertz CT molecular complexity index is 474. The number of aromatic carboxylic acids is 1. The summed E-state index contributed by atoms with van der Waals surface area (Å²) < 4.78 is 0. The molecule has 1 aromatic carbocycles. The highest BCUT2D eigenvalue weighted by atomic mass is 16.4. The van der Waals surface area contributed by atoms with Crippen molar-refractivity contribution in [3.05, 3.63) is 23.8 Å². The lowest BCUT2D eigenvalue weighted by molar-refractivity contribution is -0.117. The van der Waals surface area contributed by atoms with Gasteiger partial charge in [0.15, 0.2) is 0 Å². The molecule has 18 heavy (non-hydrogen) atoms. The molecule has 1 aromatic rings. The number of phenols is 1. The standard InChI is InChI=1S/C13H17NO4/c1-13(2,3)7-11(16)14-9-6-8(12(17)18)4-5-10(9)15/h4-6,15H,7H2,1-3H3,(H,14,16)(H,17,18). The van der Waals surface area contributed by atoms with Crippen LogP contribution >= 0.6 is 0 Å². The van der Waals surface area contributed by atoms with Crippen molar-refractivity contribution < 1.29 is 19.8 Å². The van der Waals surface area contributed by atoms with E-state index in [-0.39, 0.29) is 34.7 Å². The van der Waals surface area contributed by atoms with Crippen LogP contribution in [-0.2, 0) is 4.79 Å². The van der Waals surface area contributed by atoms with E-state index in [4.69, 9.17) is 5.11 Å². The van der Waals surface area contributed by atoms with Gasteiger partial charge in [-0.05, 0) is 23.6 Å². The van der Waals surface area contributed by atoms with Gasteiger partial charge in [-0.2, -0.15) is 0 Å². The van der Waals surface area contributed by atoms with E-state index in [9.17, 15) is 14.7 Å². The first kappa shape index (κ1) is 14.0. The van der Waals surface area contributed by atoms with Gasteiger partial charge in [0, 0.05) is 6.42 Å². The van der Waals surface area contributed by atoms with Gasteiger partial charge in [-0.1, -0.05) is 20.8 Å². The van der Waals surface area contributed by atoms with Crippen molar-refractivity contribution in [1.29, 1.82) is 0 Å². The molecule has 0 aliphatic heterocycles. The fourth-order valence-electron chi connectivity index (χ4n) is 1.45. The number of amides is 1. The Kier molecular flexibility index (Phi) is 3.96. The number of hydrogen-bond donors (Lipinski definition) is 3. The molecule has 0 radical (unpaired) electrons. The molecule has 0 spiro atoms. The zero-order valence-electron chi connectivity index (χ0n) is 10.7. The minimum absolute atomic E-state index is 0.0128. The topological polar surface area (TPSA) is 86.6 Å². The van der Waals surface area contributed by atoms with Gasteiger partial charge < -0.3 is 15.5 Å². The summed E-state index contributed by atoms with van der Waals surface area (Å²) >= 11 is 0. The normalized spacial score (nSPS) is 11.1. The monoisotopic (exact) mass is 251 g/mol. The highest BCUT2D eigenvalue weighted by Crippen LogP contribution is 2.26. The lowest BCUT2D eigenvalue weighted by atomic mass is 9.92. The van der Waals surface area contributed by atoms with Crippen molar-refractivity contribution in [3.63, 3.8) is 0 Å². The summed E-state index contributed by atoms with van der Waals surface area (Å²) in [6, 6.07) is 3.76. The van der Waals surface area contributed by atoms with Crippen LogP contribution in [0.5, 0.6) is 5.75 Å². The molecule has 0 heterocycles. The van der Waals surface area contributed by atoms with Crippen molar-refractivity contribution >= 4 is 17.6 Å². The second kappa shape index (κ2) is 5.08. The number of phenolic OH excluding ortho intramolecular Hbond substituents is 1. The van der Waals surface area contributed by atoms with Gasteiger partial charge in [-0.15, -0.1) is 0 Å². The molecule has 0 aromatic heterocycles. The minimum Gasteiger partial charge on any atom is -0.506 e. The number of benzene rings is 1. The van der Waals surface area contributed by atoms with Crippen LogP contribution in [0.1, 0.15) is 37.6 Å². The maximum atomic E-state index is 11.7. The van der Waals surface area contributed by atoms with Crippen molar-refractivity contribution in [1.82, 2.24) is 0 Å². The first-order valence-electron chi connectivity index (χ1n) is 5.55. The fourth-order valence-corrected chi connectivity index (χ4v) is 1.45. The maximum absolute atomic E-state index is 11.7. The largest absolute Gasteiger partial charge is 0.506 e. The van der Waals surface area contributed by atoms with E-state index >= 15 is 0 Å². The quantitative estimate of drug-likeness (QED) is 0.720. The van der Waals surface area contributed by atoms with E-state index in [1.807, 2.05) is 20.8 Å². The molecule has 3 N–H and O–H groups in total. The first-order chi connectivity index (χ1) is 8.19. The molecule has 0 fully saturated rings. The second-order valence-electron chi connectivity index (χ2n) is 5.32. The molecule has 0 aliphatic rings. The summed E-state index contributed by atoms with van der Waals surface area (Å²) in [4.78, 5) is 22.5. The highest BCUT2D eigenvalue weighted by Gasteiger charge is 2.17. The molecule has 98 valence electrons. The van der Waals surface area contributed by atoms with E-state index in [2.05, 4.69) is 5.32 Å². The number of carboxylic acid groups (broad SMARTS) is 1. The van der Waals surface area contributed by atoms with Crippen LogP contribution in [0.3, 0.4) is 0 Å². The Balaban J connectivity index is 2.87. The van der Waals surface area contributed by atoms with Crippen LogP contribution < -0.4 is 5.32 Å². The number of rotatable bonds is 3. The second-order valence-corrected chi connectivity index (χ2v) is 5.32. The van der Waals surface area contributed by atoms with Gasteiger partial charge >= 0.3 is 5.97 Å². The van der Waals surface area contributed by atoms with E-state index in [1.165, 1.54) is 18.2 Å². The molecule has 0 saturated heterocycles. The van der Waals surface area contributed by atoms with E-state index in [0.29, 0.717) is 0 Å². The predicted octanol–water partition coefficient (Wildman–Crippen LogP) is 2.47. The third-order valence-corrected chi connectivity index (χ3v) is 2.21. The van der Waals surface area contributed by atoms with Crippen LogP contribution in [0, 0.1) is 5.41 Å².